The molecular weight excluding hydrogens is 136 g/mol. The molecule has 1 nitrogen and oxygen atoms in total. The zero-order valence-electron chi connectivity index (χ0n) is 7.33. The molecule has 1 heteroatoms. The van der Waals surface area contributed by atoms with E-state index in [1.807, 2.05) is 13.0 Å². The van der Waals surface area contributed by atoms with Crippen molar-refractivity contribution in [1.29, 1.82) is 0 Å². The van der Waals surface area contributed by atoms with Crippen molar-refractivity contribution in [2.24, 2.45) is 0 Å². The lowest BCUT2D eigenvalue weighted by Gasteiger charge is -2.08. The summed E-state index contributed by atoms with van der Waals surface area (Å²) in [5.74, 6) is 0. The third-order valence-corrected chi connectivity index (χ3v) is 1.13. The smallest absolute Gasteiger partial charge is 0.0774 e. The first kappa shape index (κ1) is 10.2. The van der Waals surface area contributed by atoms with Gasteiger partial charge in [0.2, 0.25) is 0 Å². The number of aliphatic hydroxyl groups is 1. The lowest BCUT2D eigenvalue weighted by Crippen LogP contribution is -2.13. The van der Waals surface area contributed by atoms with E-state index in [1.165, 1.54) is 6.08 Å². The van der Waals surface area contributed by atoms with E-state index >= 15 is 0 Å². The fraction of sp³-hybridized carbons (Fsp3) is 0.400. The Kier molecular flexibility index (Phi) is 3.83. The van der Waals surface area contributed by atoms with Crippen molar-refractivity contribution >= 4 is 0 Å². The van der Waals surface area contributed by atoms with Crippen molar-refractivity contribution in [3.05, 3.63) is 36.5 Å². The van der Waals surface area contributed by atoms with Gasteiger partial charge in [-0.05, 0) is 20.8 Å². The Hall–Kier alpha value is -0.820. The molecule has 0 saturated heterocycles. The highest BCUT2D eigenvalue weighted by Crippen LogP contribution is 2.03. The summed E-state index contributed by atoms with van der Waals surface area (Å²) in [4.78, 5) is 0. The normalized spacial score (nSPS) is 14.0. The van der Waals surface area contributed by atoms with Gasteiger partial charge in [0.25, 0.3) is 0 Å². The first-order valence-electron chi connectivity index (χ1n) is 3.59. The van der Waals surface area contributed by atoms with Crippen LogP contribution in [0.25, 0.3) is 0 Å². The third-order valence-electron chi connectivity index (χ3n) is 1.13. The van der Waals surface area contributed by atoms with Crippen LogP contribution in [0.5, 0.6) is 0 Å². The van der Waals surface area contributed by atoms with Gasteiger partial charge in [0, 0.05) is 0 Å². The maximum atomic E-state index is 9.25. The molecule has 0 spiro atoms. The average Bonchev–Trinajstić information content (AvgIpc) is 1.85. The third kappa shape index (κ3) is 7.07. The van der Waals surface area contributed by atoms with E-state index in [9.17, 15) is 5.11 Å². The van der Waals surface area contributed by atoms with Crippen molar-refractivity contribution in [3.8, 4) is 0 Å². The Morgan fingerprint density at radius 1 is 1.45 bits per heavy atom. The molecule has 0 aliphatic carbocycles. The minimum absolute atomic E-state index is 0.745. The molecule has 0 aromatic rings. The monoisotopic (exact) mass is 151 g/mol. The van der Waals surface area contributed by atoms with E-state index in [0.29, 0.717) is 0 Å². The summed E-state index contributed by atoms with van der Waals surface area (Å²) in [5.41, 5.74) is 0.233. The summed E-state index contributed by atoms with van der Waals surface area (Å²) < 4.78 is 0. The molecule has 0 bridgehead atoms. The van der Waals surface area contributed by atoms with Crippen LogP contribution < -0.4 is 0 Å². The Bertz CT molecular complexity index is 180. The van der Waals surface area contributed by atoms with Gasteiger partial charge in [-0.15, -0.1) is 0 Å². The number of hydrogen-bond donors (Lipinski definition) is 1. The predicted octanol–water partition coefficient (Wildman–Crippen LogP) is 2.25. The molecule has 0 aromatic heterocycles. The summed E-state index contributed by atoms with van der Waals surface area (Å²) in [6.07, 6.45) is 6.87. The first-order chi connectivity index (χ1) is 4.95. The topological polar surface area (TPSA) is 20.2 Å². The second-order valence-electron chi connectivity index (χ2n) is 3.09. The van der Waals surface area contributed by atoms with Crippen molar-refractivity contribution in [2.45, 2.75) is 26.4 Å². The summed E-state index contributed by atoms with van der Waals surface area (Å²) in [6.45, 7) is 10.6. The molecule has 61 valence electrons. The molecule has 11 heavy (non-hydrogen) atoms. The maximum absolute atomic E-state index is 9.25. The molecule has 1 radical (unpaired) electrons. The zero-order chi connectivity index (χ0) is 8.91. The van der Waals surface area contributed by atoms with Gasteiger partial charge in [-0.25, -0.2) is 0 Å². The summed E-state index contributed by atoms with van der Waals surface area (Å²) in [6, 6.07) is 0. The molecule has 0 amide bonds. The van der Waals surface area contributed by atoms with Crippen LogP contribution in [-0.4, -0.2) is 10.7 Å². The maximum Gasteiger partial charge on any atom is 0.0774 e. The summed E-state index contributed by atoms with van der Waals surface area (Å²) >= 11 is 0. The van der Waals surface area contributed by atoms with Crippen LogP contribution in [0.2, 0.25) is 0 Å². The van der Waals surface area contributed by atoms with Gasteiger partial charge >= 0.3 is 0 Å². The lowest BCUT2D eigenvalue weighted by atomic mass is 10.1. The Balaban J connectivity index is 4.06. The van der Waals surface area contributed by atoms with Crippen LogP contribution in [0.1, 0.15) is 20.8 Å². The SMILES string of the molecule is [CH]=C/C(C)=C/C=C/C(C)(C)O. The summed E-state index contributed by atoms with van der Waals surface area (Å²) in [5, 5.41) is 9.25. The average molecular weight is 151 g/mol. The molecule has 0 atom stereocenters. The van der Waals surface area contributed by atoms with E-state index in [1.54, 1.807) is 26.0 Å². The minimum Gasteiger partial charge on any atom is -0.386 e. The van der Waals surface area contributed by atoms with Gasteiger partial charge in [0.05, 0.1) is 5.60 Å². The van der Waals surface area contributed by atoms with Gasteiger partial charge in [-0.2, -0.15) is 0 Å². The first-order valence-corrected chi connectivity index (χ1v) is 3.59. The van der Waals surface area contributed by atoms with Gasteiger partial charge in [0.1, 0.15) is 0 Å². The van der Waals surface area contributed by atoms with Crippen LogP contribution in [0, 0.1) is 6.58 Å². The van der Waals surface area contributed by atoms with E-state index < -0.39 is 5.60 Å². The van der Waals surface area contributed by atoms with Crippen LogP contribution in [0.15, 0.2) is 29.9 Å². The molecular formula is C10H15O. The largest absolute Gasteiger partial charge is 0.386 e. The second-order valence-corrected chi connectivity index (χ2v) is 3.09. The Morgan fingerprint density at radius 3 is 2.36 bits per heavy atom. The quantitative estimate of drug-likeness (QED) is 0.613. The van der Waals surface area contributed by atoms with E-state index in [4.69, 9.17) is 6.58 Å². The fourth-order valence-corrected chi connectivity index (χ4v) is 0.491. The van der Waals surface area contributed by atoms with Gasteiger partial charge in [0.15, 0.2) is 0 Å². The van der Waals surface area contributed by atoms with E-state index in [0.717, 1.165) is 5.57 Å². The Morgan fingerprint density at radius 2 is 2.00 bits per heavy atom. The molecule has 0 unspecified atom stereocenters. The second kappa shape index (κ2) is 4.14. The van der Waals surface area contributed by atoms with Crippen molar-refractivity contribution in [2.75, 3.05) is 0 Å². The summed E-state index contributed by atoms with van der Waals surface area (Å²) in [7, 11) is 0. The zero-order valence-corrected chi connectivity index (χ0v) is 7.33. The van der Waals surface area contributed by atoms with Gasteiger partial charge < -0.3 is 5.11 Å². The van der Waals surface area contributed by atoms with Crippen LogP contribution in [0.4, 0.5) is 0 Å². The number of hydrogen-bond acceptors (Lipinski definition) is 1. The molecule has 0 heterocycles. The van der Waals surface area contributed by atoms with Crippen molar-refractivity contribution in [3.63, 3.8) is 0 Å². The lowest BCUT2D eigenvalue weighted by molar-refractivity contribution is 0.133. The fourth-order valence-electron chi connectivity index (χ4n) is 0.491. The number of rotatable bonds is 3. The standard InChI is InChI=1S/C10H15O/c1-5-9(2)7-6-8-10(3,4)11/h1,5-8,11H,2-4H3/b5-1?,8-6+,9-7+. The molecule has 0 saturated carbocycles. The molecule has 0 rings (SSSR count). The minimum atomic E-state index is -0.745. The molecule has 0 fully saturated rings. The van der Waals surface area contributed by atoms with E-state index in [-0.39, 0.29) is 0 Å². The molecule has 1 N–H and O–H groups in total. The molecule has 0 aliphatic heterocycles. The van der Waals surface area contributed by atoms with Crippen LogP contribution in [-0.2, 0) is 0 Å². The Labute approximate surface area is 68.7 Å². The van der Waals surface area contributed by atoms with E-state index in [2.05, 4.69) is 0 Å². The highest BCUT2D eigenvalue weighted by atomic mass is 16.3. The molecule has 0 aromatic carbocycles. The number of allylic oxidation sites excluding steroid dienone is 4. The van der Waals surface area contributed by atoms with Crippen LogP contribution in [0.3, 0.4) is 0 Å². The molecule has 0 aliphatic rings. The predicted molar refractivity (Wildman–Crippen MR) is 48.1 cm³/mol. The van der Waals surface area contributed by atoms with Crippen molar-refractivity contribution < 1.29 is 5.11 Å². The highest BCUT2D eigenvalue weighted by Gasteiger charge is 2.04. The van der Waals surface area contributed by atoms with Crippen LogP contribution >= 0.6 is 0 Å². The van der Waals surface area contributed by atoms with Gasteiger partial charge in [-0.1, -0.05) is 36.5 Å². The van der Waals surface area contributed by atoms with Gasteiger partial charge in [-0.3, -0.25) is 0 Å². The van der Waals surface area contributed by atoms with Crippen molar-refractivity contribution in [1.82, 2.24) is 0 Å². The highest BCUT2D eigenvalue weighted by molar-refractivity contribution is 5.20.